The van der Waals surface area contributed by atoms with Crippen molar-refractivity contribution >= 4 is 0 Å². The van der Waals surface area contributed by atoms with Crippen LogP contribution < -0.4 is 14.8 Å². The summed E-state index contributed by atoms with van der Waals surface area (Å²) in [7, 11) is 1.73. The number of rotatable bonds is 6. The van der Waals surface area contributed by atoms with Gasteiger partial charge in [-0.3, -0.25) is 0 Å². The van der Waals surface area contributed by atoms with Crippen molar-refractivity contribution in [3.63, 3.8) is 0 Å². The number of methoxy groups -OCH3 is 1. The molecule has 1 aromatic carbocycles. The van der Waals surface area contributed by atoms with Crippen LogP contribution in [0.4, 0.5) is 0 Å². The summed E-state index contributed by atoms with van der Waals surface area (Å²) in [6.07, 6.45) is 1.88. The molecule has 4 nitrogen and oxygen atoms in total. The summed E-state index contributed by atoms with van der Waals surface area (Å²) in [6.45, 7) is 5.24. The van der Waals surface area contributed by atoms with Gasteiger partial charge in [0.25, 0.3) is 0 Å². The summed E-state index contributed by atoms with van der Waals surface area (Å²) >= 11 is 0. The number of fused-ring (bicyclic) bond motifs is 1. The van der Waals surface area contributed by atoms with E-state index in [2.05, 4.69) is 24.4 Å². The molecule has 0 aromatic heterocycles. The van der Waals surface area contributed by atoms with Crippen LogP contribution >= 0.6 is 0 Å². The molecule has 0 fully saturated rings. The molecule has 0 bridgehead atoms. The Morgan fingerprint density at radius 3 is 2.79 bits per heavy atom. The monoisotopic (exact) mass is 265 g/mol. The van der Waals surface area contributed by atoms with Gasteiger partial charge >= 0.3 is 0 Å². The number of hydrogen-bond donors (Lipinski definition) is 1. The van der Waals surface area contributed by atoms with Gasteiger partial charge in [0.1, 0.15) is 0 Å². The van der Waals surface area contributed by atoms with Crippen molar-refractivity contribution in [1.82, 2.24) is 5.32 Å². The predicted molar refractivity (Wildman–Crippen MR) is 75.0 cm³/mol. The van der Waals surface area contributed by atoms with E-state index in [9.17, 15) is 0 Å². The van der Waals surface area contributed by atoms with E-state index < -0.39 is 0 Å². The molecular weight excluding hydrogens is 242 g/mol. The van der Waals surface area contributed by atoms with Gasteiger partial charge in [-0.1, -0.05) is 13.0 Å². The summed E-state index contributed by atoms with van der Waals surface area (Å²) in [5.74, 6) is 1.71. The lowest BCUT2D eigenvalue weighted by molar-refractivity contribution is 0.183. The average molecular weight is 265 g/mol. The molecule has 0 saturated heterocycles. The highest BCUT2D eigenvalue weighted by molar-refractivity contribution is 5.44. The smallest absolute Gasteiger partial charge is 0.161 e. The Labute approximate surface area is 115 Å². The van der Waals surface area contributed by atoms with Crippen LogP contribution in [0, 0.1) is 0 Å². The van der Waals surface area contributed by atoms with Gasteiger partial charge in [0, 0.05) is 26.2 Å². The molecule has 0 radical (unpaired) electrons. The van der Waals surface area contributed by atoms with Crippen molar-refractivity contribution in [2.75, 3.05) is 33.5 Å². The van der Waals surface area contributed by atoms with E-state index in [0.717, 1.165) is 50.7 Å². The Bertz CT molecular complexity index is 395. The minimum Gasteiger partial charge on any atom is -0.490 e. The second-order valence-corrected chi connectivity index (χ2v) is 4.65. The molecule has 0 aliphatic carbocycles. The van der Waals surface area contributed by atoms with E-state index in [-0.39, 0.29) is 0 Å². The zero-order valence-electron chi connectivity index (χ0n) is 11.8. The van der Waals surface area contributed by atoms with Gasteiger partial charge in [0.05, 0.1) is 13.2 Å². The van der Waals surface area contributed by atoms with Crippen LogP contribution in [-0.4, -0.2) is 33.5 Å². The van der Waals surface area contributed by atoms with Gasteiger partial charge in [-0.25, -0.2) is 0 Å². The zero-order valence-corrected chi connectivity index (χ0v) is 11.8. The fraction of sp³-hybridized carbons (Fsp3) is 0.600. The Hall–Kier alpha value is -1.26. The normalized spacial score (nSPS) is 15.9. The van der Waals surface area contributed by atoms with E-state index in [4.69, 9.17) is 14.2 Å². The van der Waals surface area contributed by atoms with Crippen LogP contribution in [0.3, 0.4) is 0 Å². The molecule has 1 unspecified atom stereocenters. The molecule has 1 aliphatic heterocycles. The first-order valence-corrected chi connectivity index (χ1v) is 6.97. The minimum atomic E-state index is 0.294. The van der Waals surface area contributed by atoms with Crippen LogP contribution in [0.2, 0.25) is 0 Å². The lowest BCUT2D eigenvalue weighted by Gasteiger charge is -2.19. The summed E-state index contributed by atoms with van der Waals surface area (Å²) in [5.41, 5.74) is 1.23. The zero-order chi connectivity index (χ0) is 13.5. The van der Waals surface area contributed by atoms with E-state index >= 15 is 0 Å². The maximum absolute atomic E-state index is 5.74. The lowest BCUT2D eigenvalue weighted by Crippen LogP contribution is -2.22. The third-order valence-corrected chi connectivity index (χ3v) is 3.24. The molecule has 1 aliphatic rings. The third-order valence-electron chi connectivity index (χ3n) is 3.24. The van der Waals surface area contributed by atoms with Gasteiger partial charge in [-0.05, 0) is 30.7 Å². The van der Waals surface area contributed by atoms with Crippen molar-refractivity contribution in [3.05, 3.63) is 23.8 Å². The van der Waals surface area contributed by atoms with Gasteiger partial charge in [0.2, 0.25) is 0 Å². The fourth-order valence-electron chi connectivity index (χ4n) is 2.27. The molecule has 1 atom stereocenters. The molecule has 0 saturated carbocycles. The fourth-order valence-corrected chi connectivity index (χ4v) is 2.27. The van der Waals surface area contributed by atoms with Gasteiger partial charge in [-0.15, -0.1) is 0 Å². The van der Waals surface area contributed by atoms with Crippen LogP contribution in [0.5, 0.6) is 11.5 Å². The summed E-state index contributed by atoms with van der Waals surface area (Å²) in [4.78, 5) is 0. The Morgan fingerprint density at radius 1 is 1.26 bits per heavy atom. The lowest BCUT2D eigenvalue weighted by atomic mass is 10.0. The topological polar surface area (TPSA) is 39.7 Å². The Balaban J connectivity index is 2.15. The molecule has 19 heavy (non-hydrogen) atoms. The van der Waals surface area contributed by atoms with E-state index in [1.54, 1.807) is 7.11 Å². The van der Waals surface area contributed by atoms with Gasteiger partial charge < -0.3 is 19.5 Å². The van der Waals surface area contributed by atoms with Crippen molar-refractivity contribution in [1.29, 1.82) is 0 Å². The Kier molecular flexibility index (Phi) is 5.48. The standard InChI is InChI=1S/C15H23NO3/c1-3-16-13(7-10-17-2)12-5-6-14-15(11-12)19-9-4-8-18-14/h5-6,11,13,16H,3-4,7-10H2,1-2H3. The maximum Gasteiger partial charge on any atom is 0.161 e. The molecule has 1 N–H and O–H groups in total. The molecule has 4 heteroatoms. The van der Waals surface area contributed by atoms with Crippen molar-refractivity contribution in [2.45, 2.75) is 25.8 Å². The predicted octanol–water partition coefficient (Wildman–Crippen LogP) is 2.54. The second-order valence-electron chi connectivity index (χ2n) is 4.65. The summed E-state index contributed by atoms with van der Waals surface area (Å²) in [6, 6.07) is 6.50. The number of nitrogens with one attached hydrogen (secondary N) is 1. The van der Waals surface area contributed by atoms with Gasteiger partial charge in [0.15, 0.2) is 11.5 Å². The minimum absolute atomic E-state index is 0.294. The number of benzene rings is 1. The number of ether oxygens (including phenoxy) is 3. The molecule has 1 heterocycles. The largest absolute Gasteiger partial charge is 0.490 e. The van der Waals surface area contributed by atoms with E-state index in [1.807, 2.05) is 6.07 Å². The second kappa shape index (κ2) is 7.36. The molecule has 106 valence electrons. The van der Waals surface area contributed by atoms with Crippen molar-refractivity contribution < 1.29 is 14.2 Å². The van der Waals surface area contributed by atoms with Crippen LogP contribution in [0.25, 0.3) is 0 Å². The maximum atomic E-state index is 5.74. The summed E-state index contributed by atoms with van der Waals surface area (Å²) < 4.78 is 16.6. The molecule has 2 rings (SSSR count). The van der Waals surface area contributed by atoms with E-state index in [1.165, 1.54) is 5.56 Å². The highest BCUT2D eigenvalue weighted by Gasteiger charge is 2.15. The first-order valence-electron chi connectivity index (χ1n) is 6.97. The molecular formula is C15H23NO3. The highest BCUT2D eigenvalue weighted by atomic mass is 16.5. The SMILES string of the molecule is CCNC(CCOC)c1ccc2c(c1)OCCCO2. The molecule has 0 spiro atoms. The third kappa shape index (κ3) is 3.85. The van der Waals surface area contributed by atoms with Crippen LogP contribution in [-0.2, 0) is 4.74 Å². The van der Waals surface area contributed by atoms with E-state index in [0.29, 0.717) is 6.04 Å². The van der Waals surface area contributed by atoms with Crippen molar-refractivity contribution in [2.24, 2.45) is 0 Å². The molecule has 0 amide bonds. The first kappa shape index (κ1) is 14.2. The van der Waals surface area contributed by atoms with Crippen LogP contribution in [0.1, 0.15) is 31.4 Å². The number of hydrogen-bond acceptors (Lipinski definition) is 4. The summed E-state index contributed by atoms with van der Waals surface area (Å²) in [5, 5.41) is 3.48. The average Bonchev–Trinajstić information content (AvgIpc) is 2.67. The van der Waals surface area contributed by atoms with Gasteiger partial charge in [-0.2, -0.15) is 0 Å². The highest BCUT2D eigenvalue weighted by Crippen LogP contribution is 2.33. The van der Waals surface area contributed by atoms with Crippen LogP contribution in [0.15, 0.2) is 18.2 Å². The quantitative estimate of drug-likeness (QED) is 0.858. The Morgan fingerprint density at radius 2 is 2.05 bits per heavy atom. The first-order chi connectivity index (χ1) is 9.35. The van der Waals surface area contributed by atoms with Crippen molar-refractivity contribution in [3.8, 4) is 11.5 Å². The molecule has 1 aromatic rings.